The Balaban J connectivity index is 2.00. The van der Waals surface area contributed by atoms with Gasteiger partial charge >= 0.3 is 0 Å². The van der Waals surface area contributed by atoms with E-state index in [4.69, 9.17) is 10.8 Å². The van der Waals surface area contributed by atoms with Crippen LogP contribution in [0, 0.1) is 0 Å². The number of aliphatic hydroxyl groups is 1. The fraction of sp³-hybridized carbons (Fsp3) is 0.409. The zero-order chi connectivity index (χ0) is 18.2. The first-order valence-corrected chi connectivity index (χ1v) is 8.92. The molecule has 0 spiro atoms. The van der Waals surface area contributed by atoms with Crippen molar-refractivity contribution in [2.45, 2.75) is 58.0 Å². The summed E-state index contributed by atoms with van der Waals surface area (Å²) in [6.45, 7) is 9.22. The molecule has 0 saturated carbocycles. The van der Waals surface area contributed by atoms with Crippen molar-refractivity contribution in [3.05, 3.63) is 58.7 Å². The summed E-state index contributed by atoms with van der Waals surface area (Å²) in [6.07, 6.45) is 4.17. The van der Waals surface area contributed by atoms with E-state index in [9.17, 15) is 0 Å². The maximum absolute atomic E-state index is 9.12. The van der Waals surface area contributed by atoms with Crippen molar-refractivity contribution in [3.8, 4) is 0 Å². The fourth-order valence-corrected chi connectivity index (χ4v) is 3.76. The number of hydrogen-bond acceptors (Lipinski definition) is 3. The maximum Gasteiger partial charge on any atom is 0.0681 e. The summed E-state index contributed by atoms with van der Waals surface area (Å²) in [5.41, 5.74) is 13.0. The van der Waals surface area contributed by atoms with E-state index in [2.05, 4.69) is 44.8 Å². The first-order chi connectivity index (χ1) is 11.7. The van der Waals surface area contributed by atoms with Crippen molar-refractivity contribution in [3.63, 3.8) is 0 Å². The molecule has 0 fully saturated rings. The van der Waals surface area contributed by atoms with Crippen LogP contribution in [0.2, 0.25) is 0 Å². The lowest BCUT2D eigenvalue weighted by Crippen LogP contribution is -2.35. The Morgan fingerprint density at radius 3 is 2.28 bits per heavy atom. The Labute approximate surface area is 150 Å². The Kier molecular flexibility index (Phi) is 4.46. The van der Waals surface area contributed by atoms with Crippen LogP contribution in [0.1, 0.15) is 62.8 Å². The van der Waals surface area contributed by atoms with Crippen molar-refractivity contribution in [1.29, 1.82) is 0 Å². The van der Waals surface area contributed by atoms with Gasteiger partial charge in [0.25, 0.3) is 0 Å². The van der Waals surface area contributed by atoms with Crippen LogP contribution in [0.4, 0.5) is 11.4 Å². The molecule has 0 saturated heterocycles. The number of fused-ring (bicyclic) bond motifs is 1. The summed E-state index contributed by atoms with van der Waals surface area (Å²) in [5, 5.41) is 9.12. The molecule has 3 N–H and O–H groups in total. The topological polar surface area (TPSA) is 58.6 Å². The van der Waals surface area contributed by atoms with Crippen LogP contribution < -0.4 is 5.73 Å². The zero-order valence-corrected chi connectivity index (χ0v) is 15.6. The predicted molar refractivity (Wildman–Crippen MR) is 106 cm³/mol. The molecule has 0 bridgehead atoms. The van der Waals surface area contributed by atoms with Gasteiger partial charge < -0.3 is 10.8 Å². The minimum absolute atomic E-state index is 0.0482. The van der Waals surface area contributed by atoms with Gasteiger partial charge in [0.2, 0.25) is 0 Å². The number of nitrogens with zero attached hydrogens (tertiary/aromatic N) is 1. The molecule has 25 heavy (non-hydrogen) atoms. The van der Waals surface area contributed by atoms with Crippen molar-refractivity contribution in [2.75, 3.05) is 5.73 Å². The lowest BCUT2D eigenvalue weighted by molar-refractivity contribution is 0.282. The summed E-state index contributed by atoms with van der Waals surface area (Å²) in [5.74, 6) is 0. The Hall–Kier alpha value is -2.13. The van der Waals surface area contributed by atoms with Gasteiger partial charge in [-0.2, -0.15) is 0 Å². The number of nitrogen functional groups attached to an aromatic ring is 1. The van der Waals surface area contributed by atoms with Crippen molar-refractivity contribution >= 4 is 17.6 Å². The molecular weight excluding hydrogens is 308 g/mol. The SMILES string of the molecule is CC1(C)CCC(C)(C)c2c1ccc(C=Nc1ccc(CO)cc1)c2N. The van der Waals surface area contributed by atoms with Gasteiger partial charge in [-0.15, -0.1) is 0 Å². The van der Waals surface area contributed by atoms with Gasteiger partial charge in [-0.1, -0.05) is 52.0 Å². The highest BCUT2D eigenvalue weighted by atomic mass is 16.3. The highest BCUT2D eigenvalue weighted by Crippen LogP contribution is 2.48. The average Bonchev–Trinajstić information content (AvgIpc) is 2.58. The van der Waals surface area contributed by atoms with Gasteiger partial charge in [-0.05, 0) is 52.5 Å². The quantitative estimate of drug-likeness (QED) is 0.621. The van der Waals surface area contributed by atoms with Crippen LogP contribution in [-0.2, 0) is 17.4 Å². The molecule has 0 amide bonds. The zero-order valence-electron chi connectivity index (χ0n) is 15.6. The van der Waals surface area contributed by atoms with Gasteiger partial charge in [0.05, 0.1) is 12.3 Å². The Bertz CT molecular complexity index is 802. The molecule has 1 aliphatic rings. The van der Waals surface area contributed by atoms with Crippen LogP contribution >= 0.6 is 0 Å². The number of aliphatic hydroxyl groups excluding tert-OH is 1. The summed E-state index contributed by atoms with van der Waals surface area (Å²) < 4.78 is 0. The second-order valence-corrected chi connectivity index (χ2v) is 8.34. The average molecular weight is 336 g/mol. The third kappa shape index (κ3) is 3.34. The Morgan fingerprint density at radius 2 is 1.64 bits per heavy atom. The van der Waals surface area contributed by atoms with E-state index < -0.39 is 0 Å². The molecule has 0 radical (unpaired) electrons. The summed E-state index contributed by atoms with van der Waals surface area (Å²) in [6, 6.07) is 11.9. The van der Waals surface area contributed by atoms with Crippen LogP contribution in [0.25, 0.3) is 0 Å². The lowest BCUT2D eigenvalue weighted by atomic mass is 9.62. The maximum atomic E-state index is 9.12. The van der Waals surface area contributed by atoms with Crippen LogP contribution in [0.15, 0.2) is 41.4 Å². The third-order valence-electron chi connectivity index (χ3n) is 5.53. The van der Waals surface area contributed by atoms with Gasteiger partial charge in [0, 0.05) is 17.5 Å². The molecule has 0 aliphatic heterocycles. The lowest BCUT2D eigenvalue weighted by Gasteiger charge is -2.42. The van der Waals surface area contributed by atoms with Crippen molar-refractivity contribution in [2.24, 2.45) is 4.99 Å². The minimum Gasteiger partial charge on any atom is -0.398 e. The molecule has 2 aromatic carbocycles. The molecule has 3 nitrogen and oxygen atoms in total. The number of aliphatic imine (C=N–C) groups is 1. The Morgan fingerprint density at radius 1 is 1.00 bits per heavy atom. The predicted octanol–water partition coefficient (Wildman–Crippen LogP) is 4.86. The van der Waals surface area contributed by atoms with E-state index in [-0.39, 0.29) is 17.4 Å². The molecule has 0 heterocycles. The molecule has 132 valence electrons. The number of anilines is 1. The van der Waals surface area contributed by atoms with E-state index in [1.807, 2.05) is 30.5 Å². The molecule has 1 aliphatic carbocycles. The first-order valence-electron chi connectivity index (χ1n) is 8.92. The standard InChI is InChI=1S/C22H28N2O/c1-21(2)11-12-22(3,4)19-18(21)10-7-16(20(19)23)13-24-17-8-5-15(14-25)6-9-17/h5-10,13,25H,11-12,14,23H2,1-4H3. The molecule has 3 rings (SSSR count). The number of benzene rings is 2. The number of rotatable bonds is 3. The monoisotopic (exact) mass is 336 g/mol. The van der Waals surface area contributed by atoms with Gasteiger partial charge in [-0.25, -0.2) is 0 Å². The summed E-state index contributed by atoms with van der Waals surface area (Å²) in [7, 11) is 0. The van der Waals surface area contributed by atoms with E-state index >= 15 is 0 Å². The van der Waals surface area contributed by atoms with Gasteiger partial charge in [0.15, 0.2) is 0 Å². The molecule has 2 aromatic rings. The van der Waals surface area contributed by atoms with E-state index in [1.54, 1.807) is 0 Å². The third-order valence-corrected chi connectivity index (χ3v) is 5.53. The molecule has 3 heteroatoms. The minimum atomic E-state index is 0.0482. The van der Waals surface area contributed by atoms with Crippen molar-refractivity contribution in [1.82, 2.24) is 0 Å². The van der Waals surface area contributed by atoms with Gasteiger partial charge in [0.1, 0.15) is 0 Å². The van der Waals surface area contributed by atoms with Crippen LogP contribution in [0.3, 0.4) is 0 Å². The number of nitrogens with two attached hydrogens (primary N) is 1. The number of hydrogen-bond donors (Lipinski definition) is 2. The highest BCUT2D eigenvalue weighted by molar-refractivity contribution is 5.90. The van der Waals surface area contributed by atoms with Crippen molar-refractivity contribution < 1.29 is 5.11 Å². The van der Waals surface area contributed by atoms with Crippen LogP contribution in [-0.4, -0.2) is 11.3 Å². The largest absolute Gasteiger partial charge is 0.398 e. The van der Waals surface area contributed by atoms with E-state index in [0.29, 0.717) is 0 Å². The molecule has 0 atom stereocenters. The highest BCUT2D eigenvalue weighted by Gasteiger charge is 2.38. The van der Waals surface area contributed by atoms with Gasteiger partial charge in [-0.3, -0.25) is 4.99 Å². The molecule has 0 unspecified atom stereocenters. The summed E-state index contributed by atoms with van der Waals surface area (Å²) in [4.78, 5) is 4.56. The first kappa shape index (κ1) is 17.7. The van der Waals surface area contributed by atoms with E-state index in [0.717, 1.165) is 28.9 Å². The van der Waals surface area contributed by atoms with Crippen LogP contribution in [0.5, 0.6) is 0 Å². The fourth-order valence-electron chi connectivity index (χ4n) is 3.76. The second kappa shape index (κ2) is 6.30. The molecule has 0 aromatic heterocycles. The van der Waals surface area contributed by atoms with E-state index in [1.165, 1.54) is 17.5 Å². The molecular formula is C22H28N2O. The summed E-state index contributed by atoms with van der Waals surface area (Å²) >= 11 is 0. The second-order valence-electron chi connectivity index (χ2n) is 8.34. The smallest absolute Gasteiger partial charge is 0.0681 e. The normalized spacial score (nSPS) is 18.3.